The van der Waals surface area contributed by atoms with Gasteiger partial charge in [0.1, 0.15) is 0 Å². The summed E-state index contributed by atoms with van der Waals surface area (Å²) in [5, 5.41) is 0. The third kappa shape index (κ3) is 3.60. The van der Waals surface area contributed by atoms with Gasteiger partial charge in [0, 0.05) is 0 Å². The molecule has 0 spiro atoms. The second-order valence-corrected chi connectivity index (χ2v) is 6.52. The van der Waals surface area contributed by atoms with E-state index in [1.54, 1.807) is 5.56 Å². The van der Waals surface area contributed by atoms with Crippen molar-refractivity contribution < 1.29 is 0 Å². The van der Waals surface area contributed by atoms with Crippen LogP contribution in [0.2, 0.25) is 0 Å². The van der Waals surface area contributed by atoms with E-state index in [4.69, 9.17) is 5.73 Å². The van der Waals surface area contributed by atoms with Gasteiger partial charge < -0.3 is 5.73 Å². The summed E-state index contributed by atoms with van der Waals surface area (Å²) < 4.78 is 0. The molecule has 0 saturated heterocycles. The highest BCUT2D eigenvalue weighted by Gasteiger charge is 2.29. The van der Waals surface area contributed by atoms with Crippen LogP contribution in [0, 0.1) is 19.3 Å². The van der Waals surface area contributed by atoms with Crippen molar-refractivity contribution in [2.24, 2.45) is 11.1 Å². The van der Waals surface area contributed by atoms with Crippen molar-refractivity contribution in [1.29, 1.82) is 0 Å². The average molecular weight is 259 g/mol. The summed E-state index contributed by atoms with van der Waals surface area (Å²) in [6.45, 7) is 5.34. The van der Waals surface area contributed by atoms with E-state index in [1.165, 1.54) is 62.5 Å². The molecule has 1 nitrogen and oxygen atoms in total. The lowest BCUT2D eigenvalue weighted by Crippen LogP contribution is -2.34. The van der Waals surface area contributed by atoms with Crippen LogP contribution in [0.25, 0.3) is 0 Å². The van der Waals surface area contributed by atoms with Crippen molar-refractivity contribution in [3.63, 3.8) is 0 Å². The Kier molecular flexibility index (Phi) is 5.04. The van der Waals surface area contributed by atoms with Gasteiger partial charge in [-0.2, -0.15) is 0 Å². The highest BCUT2D eigenvalue weighted by atomic mass is 14.6. The van der Waals surface area contributed by atoms with Crippen molar-refractivity contribution in [3.8, 4) is 0 Å². The van der Waals surface area contributed by atoms with Gasteiger partial charge in [-0.05, 0) is 61.8 Å². The molecule has 106 valence electrons. The molecule has 2 rings (SSSR count). The Morgan fingerprint density at radius 3 is 2.00 bits per heavy atom. The fourth-order valence-electron chi connectivity index (χ4n) is 3.61. The first-order chi connectivity index (χ1) is 9.17. The molecule has 19 heavy (non-hydrogen) atoms. The van der Waals surface area contributed by atoms with Crippen molar-refractivity contribution in [2.45, 2.75) is 65.2 Å². The molecule has 0 unspecified atom stereocenters. The van der Waals surface area contributed by atoms with Gasteiger partial charge in [0.2, 0.25) is 0 Å². The molecule has 0 aliphatic heterocycles. The largest absolute Gasteiger partial charge is 0.330 e. The lowest BCUT2D eigenvalue weighted by molar-refractivity contribution is 0.216. The molecular formula is C18H29N. The molecular weight excluding hydrogens is 230 g/mol. The molecule has 0 heterocycles. The summed E-state index contributed by atoms with van der Waals surface area (Å²) in [7, 11) is 0. The summed E-state index contributed by atoms with van der Waals surface area (Å²) in [5.41, 5.74) is 11.0. The van der Waals surface area contributed by atoms with Crippen LogP contribution in [0.4, 0.5) is 0 Å². The molecule has 1 aromatic rings. The topological polar surface area (TPSA) is 26.0 Å². The number of nitrogens with two attached hydrogens (primary N) is 1. The zero-order valence-electron chi connectivity index (χ0n) is 12.7. The van der Waals surface area contributed by atoms with E-state index in [0.717, 1.165) is 6.54 Å². The van der Waals surface area contributed by atoms with Crippen molar-refractivity contribution in [1.82, 2.24) is 0 Å². The van der Waals surface area contributed by atoms with Crippen LogP contribution in [0.1, 0.15) is 61.6 Å². The quantitative estimate of drug-likeness (QED) is 0.847. The van der Waals surface area contributed by atoms with Crippen LogP contribution in [0.5, 0.6) is 0 Å². The third-order valence-electron chi connectivity index (χ3n) is 5.04. The summed E-state index contributed by atoms with van der Waals surface area (Å²) in [5.74, 6) is 0. The van der Waals surface area contributed by atoms with Crippen LogP contribution >= 0.6 is 0 Å². The maximum Gasteiger partial charge on any atom is -0.00173 e. The van der Waals surface area contributed by atoms with Crippen molar-refractivity contribution >= 4 is 0 Å². The Hall–Kier alpha value is -0.820. The summed E-state index contributed by atoms with van der Waals surface area (Å²) >= 11 is 0. The predicted octanol–water partition coefficient (Wildman–Crippen LogP) is 4.54. The standard InChI is InChI=1S/C18H29N/c1-15-9-8-10-16(2)17(15)13-18(14-19)11-6-4-3-5-7-12-18/h8-10H,3-7,11-14,19H2,1-2H3. The molecule has 0 atom stereocenters. The van der Waals surface area contributed by atoms with Crippen molar-refractivity contribution in [3.05, 3.63) is 34.9 Å². The first kappa shape index (κ1) is 14.6. The SMILES string of the molecule is Cc1cccc(C)c1CC1(CN)CCCCCCC1. The van der Waals surface area contributed by atoms with E-state index in [1.807, 2.05) is 0 Å². The fraction of sp³-hybridized carbons (Fsp3) is 0.667. The Morgan fingerprint density at radius 2 is 1.47 bits per heavy atom. The fourth-order valence-corrected chi connectivity index (χ4v) is 3.61. The van der Waals surface area contributed by atoms with Crippen LogP contribution in [0.15, 0.2) is 18.2 Å². The maximum absolute atomic E-state index is 6.21. The number of hydrogen-bond donors (Lipinski definition) is 1. The minimum Gasteiger partial charge on any atom is -0.330 e. The van der Waals surface area contributed by atoms with Gasteiger partial charge in [-0.3, -0.25) is 0 Å². The van der Waals surface area contributed by atoms with Crippen LogP contribution in [-0.4, -0.2) is 6.54 Å². The summed E-state index contributed by atoms with van der Waals surface area (Å²) in [6, 6.07) is 6.66. The van der Waals surface area contributed by atoms with Gasteiger partial charge in [-0.25, -0.2) is 0 Å². The number of rotatable bonds is 3. The zero-order chi connectivity index (χ0) is 13.7. The van der Waals surface area contributed by atoms with E-state index in [2.05, 4.69) is 32.0 Å². The predicted molar refractivity (Wildman–Crippen MR) is 83.4 cm³/mol. The van der Waals surface area contributed by atoms with E-state index in [-0.39, 0.29) is 0 Å². The Morgan fingerprint density at radius 1 is 0.947 bits per heavy atom. The van der Waals surface area contributed by atoms with E-state index in [0.29, 0.717) is 5.41 Å². The minimum absolute atomic E-state index is 0.358. The Bertz CT molecular complexity index is 380. The van der Waals surface area contributed by atoms with E-state index in [9.17, 15) is 0 Å². The monoisotopic (exact) mass is 259 g/mol. The number of aryl methyl sites for hydroxylation is 2. The molecule has 0 amide bonds. The Balaban J connectivity index is 2.20. The van der Waals surface area contributed by atoms with Gasteiger partial charge in [0.25, 0.3) is 0 Å². The first-order valence-electron chi connectivity index (χ1n) is 7.92. The molecule has 1 aliphatic carbocycles. The van der Waals surface area contributed by atoms with E-state index >= 15 is 0 Å². The second kappa shape index (κ2) is 6.56. The van der Waals surface area contributed by atoms with Crippen LogP contribution in [0.3, 0.4) is 0 Å². The van der Waals surface area contributed by atoms with Gasteiger partial charge >= 0.3 is 0 Å². The van der Waals surface area contributed by atoms with Gasteiger partial charge in [0.05, 0.1) is 0 Å². The zero-order valence-corrected chi connectivity index (χ0v) is 12.7. The number of benzene rings is 1. The molecule has 1 saturated carbocycles. The molecule has 1 aliphatic rings. The summed E-state index contributed by atoms with van der Waals surface area (Å²) in [4.78, 5) is 0. The van der Waals surface area contributed by atoms with Crippen LogP contribution < -0.4 is 5.73 Å². The molecule has 0 bridgehead atoms. The van der Waals surface area contributed by atoms with E-state index < -0.39 is 0 Å². The van der Waals surface area contributed by atoms with Gasteiger partial charge in [-0.15, -0.1) is 0 Å². The molecule has 0 aromatic heterocycles. The smallest absolute Gasteiger partial charge is 0.00173 e. The van der Waals surface area contributed by atoms with Gasteiger partial charge in [0.15, 0.2) is 0 Å². The molecule has 0 radical (unpaired) electrons. The highest BCUT2D eigenvalue weighted by molar-refractivity contribution is 5.34. The number of hydrogen-bond acceptors (Lipinski definition) is 1. The molecule has 1 heteroatoms. The van der Waals surface area contributed by atoms with Gasteiger partial charge in [-0.1, -0.05) is 50.3 Å². The van der Waals surface area contributed by atoms with Crippen molar-refractivity contribution in [2.75, 3.05) is 6.54 Å². The normalized spacial score (nSPS) is 19.7. The highest BCUT2D eigenvalue weighted by Crippen LogP contribution is 2.37. The first-order valence-corrected chi connectivity index (χ1v) is 7.92. The molecule has 2 N–H and O–H groups in total. The van der Waals surface area contributed by atoms with Crippen LogP contribution in [-0.2, 0) is 6.42 Å². The molecule has 1 aromatic carbocycles. The summed E-state index contributed by atoms with van der Waals surface area (Å²) in [6.07, 6.45) is 10.8. The third-order valence-corrected chi connectivity index (χ3v) is 5.04. The average Bonchev–Trinajstić information content (AvgIpc) is 2.37. The maximum atomic E-state index is 6.21. The second-order valence-electron chi connectivity index (χ2n) is 6.52. The Labute approximate surface area is 118 Å². The lowest BCUT2D eigenvalue weighted by Gasteiger charge is -2.35. The minimum atomic E-state index is 0.358. The molecule has 1 fully saturated rings. The lowest BCUT2D eigenvalue weighted by atomic mass is 9.71.